The van der Waals surface area contributed by atoms with E-state index in [2.05, 4.69) is 15.3 Å². The molecular formula is C17H20FN5O. The van der Waals surface area contributed by atoms with Gasteiger partial charge in [-0.15, -0.1) is 0 Å². The number of hydrogen-bond acceptors (Lipinski definition) is 5. The first-order valence-corrected chi connectivity index (χ1v) is 7.76. The smallest absolute Gasteiger partial charge is 0.256 e. The van der Waals surface area contributed by atoms with Crippen LogP contribution in [0.5, 0.6) is 0 Å². The molecule has 0 spiro atoms. The normalized spacial score (nSPS) is 14.2. The molecule has 2 aromatic rings. The van der Waals surface area contributed by atoms with Crippen molar-refractivity contribution in [1.29, 1.82) is 0 Å². The third-order valence-electron chi connectivity index (χ3n) is 4.18. The van der Waals surface area contributed by atoms with E-state index in [0.29, 0.717) is 23.2 Å². The Kier molecular flexibility index (Phi) is 4.44. The molecule has 1 N–H and O–H groups in total. The van der Waals surface area contributed by atoms with Gasteiger partial charge in [-0.05, 0) is 18.2 Å². The molecule has 2 heterocycles. The minimum atomic E-state index is -0.561. The molecule has 1 saturated heterocycles. The van der Waals surface area contributed by atoms with E-state index in [1.165, 1.54) is 11.0 Å². The average Bonchev–Trinajstić information content (AvgIpc) is 2.53. The maximum absolute atomic E-state index is 14.8. The highest BCUT2D eigenvalue weighted by atomic mass is 19.1. The third-order valence-corrected chi connectivity index (χ3v) is 4.18. The molecule has 24 heavy (non-hydrogen) atoms. The van der Waals surface area contributed by atoms with Crippen LogP contribution >= 0.6 is 0 Å². The number of nitrogens with one attached hydrogen (secondary N) is 1. The lowest BCUT2D eigenvalue weighted by Crippen LogP contribution is -2.56. The average molecular weight is 329 g/mol. The van der Waals surface area contributed by atoms with E-state index < -0.39 is 5.82 Å². The van der Waals surface area contributed by atoms with Crippen LogP contribution in [0.4, 0.5) is 10.3 Å². The highest BCUT2D eigenvalue weighted by Crippen LogP contribution is 2.25. The van der Waals surface area contributed by atoms with Gasteiger partial charge in [0, 0.05) is 46.0 Å². The number of halogens is 1. The van der Waals surface area contributed by atoms with Gasteiger partial charge >= 0.3 is 0 Å². The van der Waals surface area contributed by atoms with Crippen LogP contribution in [0.1, 0.15) is 10.4 Å². The van der Waals surface area contributed by atoms with Crippen molar-refractivity contribution in [2.24, 2.45) is 0 Å². The lowest BCUT2D eigenvalue weighted by molar-refractivity contribution is 0.0823. The second kappa shape index (κ2) is 6.52. The van der Waals surface area contributed by atoms with Crippen molar-refractivity contribution in [3.05, 3.63) is 41.8 Å². The van der Waals surface area contributed by atoms with Crippen LogP contribution in [0, 0.1) is 5.82 Å². The molecule has 0 radical (unpaired) electrons. The van der Waals surface area contributed by atoms with Gasteiger partial charge in [0.2, 0.25) is 5.95 Å². The predicted octanol–water partition coefficient (Wildman–Crippen LogP) is 1.39. The molecule has 1 aliphatic heterocycles. The molecule has 0 saturated carbocycles. The number of nitrogens with zero attached hydrogens (tertiary/aromatic N) is 4. The molecule has 0 bridgehead atoms. The van der Waals surface area contributed by atoms with Crippen molar-refractivity contribution in [3.63, 3.8) is 0 Å². The van der Waals surface area contributed by atoms with Crippen LogP contribution in [-0.2, 0) is 0 Å². The highest BCUT2D eigenvalue weighted by molar-refractivity contribution is 5.95. The van der Waals surface area contributed by atoms with E-state index in [-0.39, 0.29) is 11.5 Å². The summed E-state index contributed by atoms with van der Waals surface area (Å²) in [5.74, 6) is -0.391. The zero-order valence-corrected chi connectivity index (χ0v) is 14.0. The first-order chi connectivity index (χ1) is 11.5. The van der Waals surface area contributed by atoms with Gasteiger partial charge in [0.15, 0.2) is 0 Å². The van der Waals surface area contributed by atoms with Gasteiger partial charge in [-0.1, -0.05) is 6.07 Å². The first kappa shape index (κ1) is 16.3. The Bertz CT molecular complexity index is 760. The van der Waals surface area contributed by atoms with Crippen molar-refractivity contribution in [2.75, 3.05) is 39.1 Å². The summed E-state index contributed by atoms with van der Waals surface area (Å²) in [5.41, 5.74) is 0.797. The van der Waals surface area contributed by atoms with E-state index in [1.54, 1.807) is 38.5 Å². The van der Waals surface area contributed by atoms with Crippen LogP contribution in [0.2, 0.25) is 0 Å². The Hall–Kier alpha value is -2.54. The van der Waals surface area contributed by atoms with Crippen LogP contribution in [-0.4, -0.2) is 61.0 Å². The minimum absolute atomic E-state index is 0.0363. The van der Waals surface area contributed by atoms with Gasteiger partial charge in [-0.25, -0.2) is 14.4 Å². The van der Waals surface area contributed by atoms with Gasteiger partial charge in [-0.2, -0.15) is 0 Å². The number of hydrogen-bond donors (Lipinski definition) is 1. The molecule has 1 aromatic heterocycles. The van der Waals surface area contributed by atoms with Crippen molar-refractivity contribution < 1.29 is 9.18 Å². The standard InChI is InChI=1S/C17H20FN5O/c1-22(2)16(24)13-6-4-5-12(15(13)18)14-7-8-20-17(21-14)23(3)11-9-19-10-11/h4-8,11,19H,9-10H2,1-3H3. The molecule has 1 aliphatic rings. The largest absolute Gasteiger partial charge is 0.345 e. The van der Waals surface area contributed by atoms with E-state index in [9.17, 15) is 9.18 Å². The molecule has 1 aromatic carbocycles. The van der Waals surface area contributed by atoms with Gasteiger partial charge in [0.1, 0.15) is 5.82 Å². The summed E-state index contributed by atoms with van der Waals surface area (Å²) in [6, 6.07) is 6.76. The predicted molar refractivity (Wildman–Crippen MR) is 90.5 cm³/mol. The number of likely N-dealkylation sites (N-methyl/N-ethyl adjacent to an activating group) is 1. The van der Waals surface area contributed by atoms with Gasteiger partial charge in [-0.3, -0.25) is 4.79 Å². The highest BCUT2D eigenvalue weighted by Gasteiger charge is 2.24. The molecule has 126 valence electrons. The summed E-state index contributed by atoms with van der Waals surface area (Å²) in [7, 11) is 5.12. The molecule has 0 atom stereocenters. The van der Waals surface area contributed by atoms with Crippen LogP contribution < -0.4 is 10.2 Å². The molecular weight excluding hydrogens is 309 g/mol. The molecule has 1 fully saturated rings. The Morgan fingerprint density at radius 3 is 2.62 bits per heavy atom. The number of carbonyl (C=O) groups is 1. The SMILES string of the molecule is CN(C)C(=O)c1cccc(-c2ccnc(N(C)C3CNC3)n2)c1F. The lowest BCUT2D eigenvalue weighted by atomic mass is 10.1. The van der Waals surface area contributed by atoms with E-state index in [1.807, 2.05) is 11.9 Å². The molecule has 0 aliphatic carbocycles. The first-order valence-electron chi connectivity index (χ1n) is 7.76. The topological polar surface area (TPSA) is 61.4 Å². The maximum atomic E-state index is 14.8. The van der Waals surface area contributed by atoms with E-state index in [0.717, 1.165) is 13.1 Å². The number of rotatable bonds is 4. The monoisotopic (exact) mass is 329 g/mol. The maximum Gasteiger partial charge on any atom is 0.256 e. The summed E-state index contributed by atoms with van der Waals surface area (Å²) >= 11 is 0. The summed E-state index contributed by atoms with van der Waals surface area (Å²) < 4.78 is 14.8. The fourth-order valence-corrected chi connectivity index (χ4v) is 2.51. The number of aromatic nitrogens is 2. The summed E-state index contributed by atoms with van der Waals surface area (Å²) in [6.45, 7) is 1.76. The summed E-state index contributed by atoms with van der Waals surface area (Å²) in [6.07, 6.45) is 1.61. The van der Waals surface area contributed by atoms with Crippen LogP contribution in [0.15, 0.2) is 30.5 Å². The number of benzene rings is 1. The third kappa shape index (κ3) is 2.94. The number of amides is 1. The van der Waals surface area contributed by atoms with Crippen molar-refractivity contribution in [1.82, 2.24) is 20.2 Å². The van der Waals surface area contributed by atoms with E-state index in [4.69, 9.17) is 0 Å². The fraction of sp³-hybridized carbons (Fsp3) is 0.353. The second-order valence-corrected chi connectivity index (χ2v) is 6.03. The van der Waals surface area contributed by atoms with E-state index >= 15 is 0 Å². The molecule has 3 rings (SSSR count). The van der Waals surface area contributed by atoms with Crippen molar-refractivity contribution in [2.45, 2.75) is 6.04 Å². The summed E-state index contributed by atoms with van der Waals surface area (Å²) in [4.78, 5) is 24.2. The zero-order chi connectivity index (χ0) is 17.3. The lowest BCUT2D eigenvalue weighted by Gasteiger charge is -2.35. The van der Waals surface area contributed by atoms with Crippen LogP contribution in [0.25, 0.3) is 11.3 Å². The molecule has 1 amide bonds. The number of anilines is 1. The molecule has 7 heteroatoms. The Balaban J connectivity index is 1.97. The van der Waals surface area contributed by atoms with Crippen LogP contribution in [0.3, 0.4) is 0 Å². The minimum Gasteiger partial charge on any atom is -0.345 e. The molecule has 6 nitrogen and oxygen atoms in total. The number of carbonyl (C=O) groups excluding carboxylic acids is 1. The zero-order valence-electron chi connectivity index (χ0n) is 14.0. The Morgan fingerprint density at radius 1 is 1.25 bits per heavy atom. The second-order valence-electron chi connectivity index (χ2n) is 6.03. The Morgan fingerprint density at radius 2 is 2.00 bits per heavy atom. The van der Waals surface area contributed by atoms with Gasteiger partial charge in [0.05, 0.1) is 17.3 Å². The molecule has 0 unspecified atom stereocenters. The Labute approximate surface area is 140 Å². The van der Waals surface area contributed by atoms with Gasteiger partial charge in [0.25, 0.3) is 5.91 Å². The summed E-state index contributed by atoms with van der Waals surface area (Å²) in [5, 5.41) is 3.20. The van der Waals surface area contributed by atoms with Crippen molar-refractivity contribution in [3.8, 4) is 11.3 Å². The fourth-order valence-electron chi connectivity index (χ4n) is 2.51. The quantitative estimate of drug-likeness (QED) is 0.919. The van der Waals surface area contributed by atoms with Crippen molar-refractivity contribution >= 4 is 11.9 Å². The van der Waals surface area contributed by atoms with Gasteiger partial charge < -0.3 is 15.1 Å².